The van der Waals surface area contributed by atoms with Crippen molar-refractivity contribution in [1.29, 1.82) is 0 Å². The van der Waals surface area contributed by atoms with E-state index in [0.717, 1.165) is 61.1 Å². The highest BCUT2D eigenvalue weighted by atomic mass is 19.1. The van der Waals surface area contributed by atoms with Gasteiger partial charge in [0.15, 0.2) is 0 Å². The zero-order chi connectivity index (χ0) is 27.1. The van der Waals surface area contributed by atoms with E-state index in [9.17, 15) is 9.18 Å². The van der Waals surface area contributed by atoms with Crippen LogP contribution in [0.15, 0.2) is 91.0 Å². The summed E-state index contributed by atoms with van der Waals surface area (Å²) < 4.78 is 13.9. The maximum atomic E-state index is 13.9. The summed E-state index contributed by atoms with van der Waals surface area (Å²) in [6.07, 6.45) is 0.451. The van der Waals surface area contributed by atoms with Gasteiger partial charge in [-0.3, -0.25) is 9.89 Å². The minimum atomic E-state index is -0.260. The Balaban J connectivity index is 1.37. The molecule has 0 aliphatic carbocycles. The van der Waals surface area contributed by atoms with Crippen LogP contribution in [0.1, 0.15) is 27.2 Å². The van der Waals surface area contributed by atoms with E-state index in [1.54, 1.807) is 12.1 Å². The third kappa shape index (κ3) is 5.06. The number of nitrogens with zero attached hydrogens (tertiary/aromatic N) is 1. The predicted molar refractivity (Wildman–Crippen MR) is 157 cm³/mol. The Labute approximate surface area is 226 Å². The third-order valence-corrected chi connectivity index (χ3v) is 6.79. The van der Waals surface area contributed by atoms with Crippen molar-refractivity contribution in [3.8, 4) is 33.6 Å². The number of fused-ring (bicyclic) bond motifs is 2. The molecule has 0 aliphatic rings. The number of hydrogen-bond donors (Lipinski definition) is 3. The van der Waals surface area contributed by atoms with Crippen molar-refractivity contribution in [2.24, 2.45) is 5.41 Å². The van der Waals surface area contributed by atoms with Crippen LogP contribution in [-0.4, -0.2) is 21.1 Å². The molecule has 0 spiro atoms. The maximum Gasteiger partial charge on any atom is 0.224 e. The van der Waals surface area contributed by atoms with Crippen molar-refractivity contribution < 1.29 is 9.18 Å². The Morgan fingerprint density at radius 1 is 0.821 bits per heavy atom. The Kier molecular flexibility index (Phi) is 6.03. The van der Waals surface area contributed by atoms with Crippen molar-refractivity contribution in [3.63, 3.8) is 0 Å². The average Bonchev–Trinajstić information content (AvgIpc) is 3.51. The molecule has 6 rings (SSSR count). The van der Waals surface area contributed by atoms with Crippen LogP contribution in [0.5, 0.6) is 0 Å². The van der Waals surface area contributed by atoms with E-state index in [2.05, 4.69) is 53.4 Å². The van der Waals surface area contributed by atoms with Gasteiger partial charge < -0.3 is 10.3 Å². The largest absolute Gasteiger partial charge is 0.353 e. The monoisotopic (exact) mass is 516 g/mol. The number of anilines is 1. The van der Waals surface area contributed by atoms with Gasteiger partial charge in [0.1, 0.15) is 11.5 Å². The molecule has 3 N–H and O–H groups in total. The van der Waals surface area contributed by atoms with Crippen LogP contribution in [0, 0.1) is 11.2 Å². The number of H-pyrrole nitrogens is 2. The first-order chi connectivity index (χ1) is 18.7. The first-order valence-electron chi connectivity index (χ1n) is 13.0. The van der Waals surface area contributed by atoms with Crippen LogP contribution >= 0.6 is 0 Å². The summed E-state index contributed by atoms with van der Waals surface area (Å²) in [4.78, 5) is 16.0. The summed E-state index contributed by atoms with van der Waals surface area (Å²) >= 11 is 0. The summed E-state index contributed by atoms with van der Waals surface area (Å²) in [5, 5.41) is 12.8. The molecule has 0 saturated heterocycles. The van der Waals surface area contributed by atoms with Gasteiger partial charge in [0, 0.05) is 28.4 Å². The normalized spacial score (nSPS) is 11.8. The zero-order valence-corrected chi connectivity index (χ0v) is 22.1. The molecule has 4 aromatic carbocycles. The second kappa shape index (κ2) is 9.55. The van der Waals surface area contributed by atoms with Crippen molar-refractivity contribution >= 4 is 33.4 Å². The summed E-state index contributed by atoms with van der Waals surface area (Å²) in [6, 6.07) is 28.8. The Morgan fingerprint density at radius 2 is 1.59 bits per heavy atom. The Morgan fingerprint density at radius 3 is 2.41 bits per heavy atom. The number of benzene rings is 4. The van der Waals surface area contributed by atoms with Crippen LogP contribution in [0.25, 0.3) is 55.4 Å². The SMILES string of the molecule is CC(C)(C)CC(=O)Nc1cccc(-c2ccc3[nH]nc(-c4cc5c(-c6cccc(F)c6)cccc5[nH]4)c3c2)c1. The Hall–Kier alpha value is -4.71. The van der Waals surface area contributed by atoms with E-state index < -0.39 is 0 Å². The number of amides is 1. The second-order valence-electron chi connectivity index (χ2n) is 11.2. The topological polar surface area (TPSA) is 73.6 Å². The lowest BCUT2D eigenvalue weighted by molar-refractivity contribution is -0.117. The number of hydrogen-bond acceptors (Lipinski definition) is 2. The van der Waals surface area contributed by atoms with Crippen LogP contribution in [0.4, 0.5) is 10.1 Å². The minimum Gasteiger partial charge on any atom is -0.353 e. The average molecular weight is 517 g/mol. The summed E-state index contributed by atoms with van der Waals surface area (Å²) in [6.45, 7) is 6.16. The molecule has 0 atom stereocenters. The fourth-order valence-electron chi connectivity index (χ4n) is 5.05. The van der Waals surface area contributed by atoms with Gasteiger partial charge in [-0.15, -0.1) is 0 Å². The lowest BCUT2D eigenvalue weighted by atomic mass is 9.92. The summed E-state index contributed by atoms with van der Waals surface area (Å²) in [7, 11) is 0. The van der Waals surface area contributed by atoms with Crippen molar-refractivity contribution in [2.75, 3.05) is 5.32 Å². The highest BCUT2D eigenvalue weighted by Crippen LogP contribution is 2.35. The van der Waals surface area contributed by atoms with Gasteiger partial charge >= 0.3 is 0 Å². The lowest BCUT2D eigenvalue weighted by Crippen LogP contribution is -2.19. The number of halogens is 1. The lowest BCUT2D eigenvalue weighted by Gasteiger charge is -2.17. The third-order valence-electron chi connectivity index (χ3n) is 6.79. The highest BCUT2D eigenvalue weighted by molar-refractivity contribution is 6.02. The highest BCUT2D eigenvalue weighted by Gasteiger charge is 2.17. The van der Waals surface area contributed by atoms with Crippen LogP contribution < -0.4 is 5.32 Å². The molecule has 6 heteroatoms. The van der Waals surface area contributed by atoms with E-state index in [1.165, 1.54) is 6.07 Å². The first-order valence-corrected chi connectivity index (χ1v) is 13.0. The van der Waals surface area contributed by atoms with E-state index >= 15 is 0 Å². The number of carbonyl (C=O) groups is 1. The fourth-order valence-corrected chi connectivity index (χ4v) is 5.05. The fraction of sp³-hybridized carbons (Fsp3) is 0.152. The molecule has 194 valence electrons. The molecule has 2 heterocycles. The summed E-state index contributed by atoms with van der Waals surface area (Å²) in [5.74, 6) is -0.257. The molecule has 5 nitrogen and oxygen atoms in total. The second-order valence-corrected chi connectivity index (χ2v) is 11.2. The number of carbonyl (C=O) groups excluding carboxylic acids is 1. The molecule has 1 amide bonds. The van der Waals surface area contributed by atoms with Crippen molar-refractivity contribution in [1.82, 2.24) is 15.2 Å². The Bertz CT molecular complexity index is 1840. The molecule has 0 radical (unpaired) electrons. The maximum absolute atomic E-state index is 13.9. The molecule has 0 unspecified atom stereocenters. The van der Waals surface area contributed by atoms with Crippen LogP contribution in [0.3, 0.4) is 0 Å². The predicted octanol–water partition coefficient (Wildman–Crippen LogP) is 8.56. The number of rotatable bonds is 5. The van der Waals surface area contributed by atoms with E-state index in [4.69, 9.17) is 0 Å². The van der Waals surface area contributed by atoms with Crippen LogP contribution in [-0.2, 0) is 4.79 Å². The van der Waals surface area contributed by atoms with Crippen molar-refractivity contribution in [3.05, 3.63) is 96.8 Å². The molecule has 39 heavy (non-hydrogen) atoms. The number of aromatic nitrogens is 3. The first kappa shape index (κ1) is 24.6. The van der Waals surface area contributed by atoms with Gasteiger partial charge in [0.2, 0.25) is 5.91 Å². The van der Waals surface area contributed by atoms with E-state index in [0.29, 0.717) is 6.42 Å². The van der Waals surface area contributed by atoms with E-state index in [-0.39, 0.29) is 17.1 Å². The van der Waals surface area contributed by atoms with Gasteiger partial charge in [-0.1, -0.05) is 63.2 Å². The molecule has 0 aliphatic heterocycles. The molecule has 0 fully saturated rings. The van der Waals surface area contributed by atoms with E-state index in [1.807, 2.05) is 60.7 Å². The van der Waals surface area contributed by atoms with Gasteiger partial charge in [0.25, 0.3) is 0 Å². The van der Waals surface area contributed by atoms with Gasteiger partial charge in [0.05, 0.1) is 11.2 Å². The van der Waals surface area contributed by atoms with Gasteiger partial charge in [-0.2, -0.15) is 5.10 Å². The zero-order valence-electron chi connectivity index (χ0n) is 22.1. The van der Waals surface area contributed by atoms with Crippen molar-refractivity contribution in [2.45, 2.75) is 27.2 Å². The van der Waals surface area contributed by atoms with Crippen LogP contribution in [0.2, 0.25) is 0 Å². The molecular weight excluding hydrogens is 487 g/mol. The van der Waals surface area contributed by atoms with Gasteiger partial charge in [-0.05, 0) is 76.2 Å². The molecule has 0 bridgehead atoms. The van der Waals surface area contributed by atoms with Gasteiger partial charge in [-0.25, -0.2) is 4.39 Å². The quantitative estimate of drug-likeness (QED) is 0.215. The minimum absolute atomic E-state index is 0.00337. The number of nitrogens with one attached hydrogen (secondary N) is 3. The smallest absolute Gasteiger partial charge is 0.224 e. The summed E-state index contributed by atoms with van der Waals surface area (Å²) in [5.41, 5.74) is 8.07. The molecular formula is C33H29FN4O. The standard InChI is InChI=1S/C33H29FN4O/c1-33(2,3)19-31(39)35-24-10-5-7-20(16-24)21-13-14-29-27(17-21)32(38-37-29)30-18-26-25(11-6-12-28(26)36-30)22-8-4-9-23(34)15-22/h4-18,36H,19H2,1-3H3,(H,35,39)(H,37,38). The molecule has 0 saturated carbocycles. The molecule has 6 aromatic rings. The number of aromatic amines is 2. The molecule has 2 aromatic heterocycles.